The standard InChI is InChI=1S/C20H24N2O2/c1-2-19(23)11-4-12-20(19,24)15-9-7-14-8-10-18(22-17(14)13-15)21-16-5-3-6-16/h4,7-11,13,16,23-24H,2-3,5-6,12H2,1H3,(H,21,22). The third-order valence-corrected chi connectivity index (χ3v) is 5.69. The molecular formula is C20H24N2O2. The van der Waals surface area contributed by atoms with Crippen LogP contribution in [0.25, 0.3) is 10.9 Å². The Labute approximate surface area is 142 Å². The van der Waals surface area contributed by atoms with Crippen LogP contribution in [0.1, 0.15) is 44.6 Å². The van der Waals surface area contributed by atoms with E-state index >= 15 is 0 Å². The highest BCUT2D eigenvalue weighted by atomic mass is 16.4. The highest BCUT2D eigenvalue weighted by molar-refractivity contribution is 5.81. The maximum Gasteiger partial charge on any atom is 0.126 e. The van der Waals surface area contributed by atoms with Gasteiger partial charge in [-0.2, -0.15) is 0 Å². The molecular weight excluding hydrogens is 300 g/mol. The van der Waals surface area contributed by atoms with Gasteiger partial charge in [0, 0.05) is 17.8 Å². The first-order chi connectivity index (χ1) is 11.5. The number of nitrogens with one attached hydrogen (secondary N) is 1. The van der Waals surface area contributed by atoms with Crippen molar-refractivity contribution < 1.29 is 10.2 Å². The summed E-state index contributed by atoms with van der Waals surface area (Å²) in [5.41, 5.74) is -0.939. The van der Waals surface area contributed by atoms with E-state index in [2.05, 4.69) is 11.4 Å². The van der Waals surface area contributed by atoms with Crippen LogP contribution in [0.3, 0.4) is 0 Å². The van der Waals surface area contributed by atoms with Crippen molar-refractivity contribution in [2.24, 2.45) is 0 Å². The summed E-state index contributed by atoms with van der Waals surface area (Å²) in [5, 5.41) is 26.4. The minimum Gasteiger partial charge on any atom is -0.382 e. The smallest absolute Gasteiger partial charge is 0.126 e. The number of hydrogen-bond acceptors (Lipinski definition) is 4. The molecule has 4 heteroatoms. The molecule has 2 aliphatic rings. The molecule has 0 bridgehead atoms. The SMILES string of the molecule is CCC1(O)C=CCC1(O)c1ccc2ccc(NC3CCC3)nc2c1. The fourth-order valence-electron chi connectivity index (χ4n) is 3.73. The molecule has 0 spiro atoms. The van der Waals surface area contributed by atoms with Gasteiger partial charge in [-0.15, -0.1) is 0 Å². The maximum atomic E-state index is 11.1. The van der Waals surface area contributed by atoms with Crippen molar-refractivity contribution in [3.63, 3.8) is 0 Å². The van der Waals surface area contributed by atoms with E-state index < -0.39 is 11.2 Å². The van der Waals surface area contributed by atoms with Gasteiger partial charge in [-0.25, -0.2) is 4.98 Å². The molecule has 0 aliphatic heterocycles. The number of anilines is 1. The molecule has 1 heterocycles. The second-order valence-corrected chi connectivity index (χ2v) is 7.12. The predicted molar refractivity (Wildman–Crippen MR) is 95.9 cm³/mol. The summed E-state index contributed by atoms with van der Waals surface area (Å²) >= 11 is 0. The molecule has 1 fully saturated rings. The number of benzene rings is 1. The van der Waals surface area contributed by atoms with E-state index in [1.807, 2.05) is 37.3 Å². The van der Waals surface area contributed by atoms with Gasteiger partial charge >= 0.3 is 0 Å². The Balaban J connectivity index is 1.71. The lowest BCUT2D eigenvalue weighted by molar-refractivity contribution is -0.120. The molecule has 1 aromatic carbocycles. The third kappa shape index (κ3) is 2.33. The summed E-state index contributed by atoms with van der Waals surface area (Å²) < 4.78 is 0. The van der Waals surface area contributed by atoms with E-state index in [0.717, 1.165) is 22.3 Å². The highest BCUT2D eigenvalue weighted by Crippen LogP contribution is 2.44. The van der Waals surface area contributed by atoms with Gasteiger partial charge in [0.2, 0.25) is 0 Å². The second kappa shape index (κ2) is 5.57. The molecule has 1 aromatic heterocycles. The molecule has 2 aliphatic carbocycles. The second-order valence-electron chi connectivity index (χ2n) is 7.12. The molecule has 2 aromatic rings. The number of aliphatic hydroxyl groups is 2. The summed E-state index contributed by atoms with van der Waals surface area (Å²) in [5.74, 6) is 0.881. The lowest BCUT2D eigenvalue weighted by Gasteiger charge is -2.37. The van der Waals surface area contributed by atoms with Crippen LogP contribution in [0.2, 0.25) is 0 Å². The Morgan fingerprint density at radius 1 is 1.21 bits per heavy atom. The molecule has 3 N–H and O–H groups in total. The van der Waals surface area contributed by atoms with Crippen molar-refractivity contribution in [1.29, 1.82) is 0 Å². The number of pyridine rings is 1. The van der Waals surface area contributed by atoms with Gasteiger partial charge < -0.3 is 15.5 Å². The Hall–Kier alpha value is -1.91. The van der Waals surface area contributed by atoms with E-state index in [9.17, 15) is 10.2 Å². The zero-order chi connectivity index (χ0) is 16.8. The number of rotatable bonds is 4. The largest absolute Gasteiger partial charge is 0.382 e. The molecule has 0 saturated heterocycles. The molecule has 126 valence electrons. The minimum absolute atomic E-state index is 0.420. The summed E-state index contributed by atoms with van der Waals surface area (Å²) in [4.78, 5) is 4.71. The summed E-state index contributed by atoms with van der Waals surface area (Å²) in [7, 11) is 0. The monoisotopic (exact) mass is 324 g/mol. The van der Waals surface area contributed by atoms with Crippen LogP contribution in [0.15, 0.2) is 42.5 Å². The van der Waals surface area contributed by atoms with Gasteiger partial charge in [-0.3, -0.25) is 0 Å². The zero-order valence-corrected chi connectivity index (χ0v) is 14.0. The number of aromatic nitrogens is 1. The van der Waals surface area contributed by atoms with E-state index in [-0.39, 0.29) is 0 Å². The van der Waals surface area contributed by atoms with Crippen molar-refractivity contribution in [2.45, 2.75) is 56.3 Å². The van der Waals surface area contributed by atoms with E-state index in [1.165, 1.54) is 19.3 Å². The van der Waals surface area contributed by atoms with Gasteiger partial charge in [0.25, 0.3) is 0 Å². The lowest BCUT2D eigenvalue weighted by atomic mass is 9.78. The lowest BCUT2D eigenvalue weighted by Crippen LogP contribution is -2.47. The van der Waals surface area contributed by atoms with Gasteiger partial charge in [-0.1, -0.05) is 31.2 Å². The van der Waals surface area contributed by atoms with Crippen molar-refractivity contribution in [1.82, 2.24) is 4.98 Å². The van der Waals surface area contributed by atoms with E-state index in [0.29, 0.717) is 18.9 Å². The van der Waals surface area contributed by atoms with Crippen LogP contribution < -0.4 is 5.32 Å². The molecule has 24 heavy (non-hydrogen) atoms. The Morgan fingerprint density at radius 3 is 2.71 bits per heavy atom. The number of fused-ring (bicyclic) bond motifs is 1. The summed E-state index contributed by atoms with van der Waals surface area (Å²) in [6.45, 7) is 1.89. The molecule has 2 unspecified atom stereocenters. The average Bonchev–Trinajstić information content (AvgIpc) is 2.87. The van der Waals surface area contributed by atoms with Gasteiger partial charge in [0.1, 0.15) is 17.0 Å². The van der Waals surface area contributed by atoms with Gasteiger partial charge in [-0.05, 0) is 49.4 Å². The molecule has 0 radical (unpaired) electrons. The molecule has 1 saturated carbocycles. The molecule has 4 nitrogen and oxygen atoms in total. The Bertz CT molecular complexity index is 799. The first-order valence-electron chi connectivity index (χ1n) is 8.84. The van der Waals surface area contributed by atoms with Crippen LogP contribution in [0.5, 0.6) is 0 Å². The number of hydrogen-bond donors (Lipinski definition) is 3. The number of nitrogens with zero attached hydrogens (tertiary/aromatic N) is 1. The molecule has 0 amide bonds. The fraction of sp³-hybridized carbons (Fsp3) is 0.450. The van der Waals surface area contributed by atoms with E-state index in [1.54, 1.807) is 6.08 Å². The normalized spacial score (nSPS) is 29.8. The van der Waals surface area contributed by atoms with Crippen LogP contribution in [-0.2, 0) is 5.60 Å². The van der Waals surface area contributed by atoms with Gasteiger partial charge in [0.05, 0.1) is 5.52 Å². The maximum absolute atomic E-state index is 11.1. The topological polar surface area (TPSA) is 65.4 Å². The quantitative estimate of drug-likeness (QED) is 0.753. The summed E-state index contributed by atoms with van der Waals surface area (Å²) in [6.07, 6.45) is 8.15. The van der Waals surface area contributed by atoms with Gasteiger partial charge in [0.15, 0.2) is 0 Å². The van der Waals surface area contributed by atoms with Crippen molar-refractivity contribution in [3.8, 4) is 0 Å². The minimum atomic E-state index is -1.28. The van der Waals surface area contributed by atoms with E-state index in [4.69, 9.17) is 4.98 Å². The van der Waals surface area contributed by atoms with Crippen LogP contribution in [0, 0.1) is 0 Å². The fourth-order valence-corrected chi connectivity index (χ4v) is 3.73. The van der Waals surface area contributed by atoms with Crippen LogP contribution >= 0.6 is 0 Å². The van der Waals surface area contributed by atoms with Crippen molar-refractivity contribution >= 4 is 16.7 Å². The highest BCUT2D eigenvalue weighted by Gasteiger charge is 2.50. The average molecular weight is 324 g/mol. The predicted octanol–water partition coefficient (Wildman–Crippen LogP) is 3.49. The summed E-state index contributed by atoms with van der Waals surface area (Å²) in [6, 6.07) is 10.4. The third-order valence-electron chi connectivity index (χ3n) is 5.69. The Kier molecular flexibility index (Phi) is 3.62. The Morgan fingerprint density at radius 2 is 2.00 bits per heavy atom. The van der Waals surface area contributed by atoms with Crippen molar-refractivity contribution in [2.75, 3.05) is 5.32 Å². The molecule has 4 rings (SSSR count). The molecule has 2 atom stereocenters. The van der Waals surface area contributed by atoms with Crippen molar-refractivity contribution in [3.05, 3.63) is 48.0 Å². The zero-order valence-electron chi connectivity index (χ0n) is 14.0. The van der Waals surface area contributed by atoms with Crippen LogP contribution in [-0.4, -0.2) is 26.8 Å². The first-order valence-corrected chi connectivity index (χ1v) is 8.84. The van der Waals surface area contributed by atoms with Crippen LogP contribution in [0.4, 0.5) is 5.82 Å². The first kappa shape index (κ1) is 15.6.